The van der Waals surface area contributed by atoms with Gasteiger partial charge in [-0.15, -0.1) is 0 Å². The zero-order chi connectivity index (χ0) is 13.7. The van der Waals surface area contributed by atoms with Gasteiger partial charge in [-0.25, -0.2) is 0 Å². The SMILES string of the molecule is CCC(NCCS(=O)CC)c1ccc2c(c1)CCO2. The van der Waals surface area contributed by atoms with Gasteiger partial charge in [0, 0.05) is 41.3 Å². The molecule has 4 heteroatoms. The molecule has 0 saturated heterocycles. The Balaban J connectivity index is 1.95. The third-order valence-corrected chi connectivity index (χ3v) is 4.87. The van der Waals surface area contributed by atoms with Gasteiger partial charge in [0.05, 0.1) is 6.61 Å². The molecular formula is C15H23NO2S. The highest BCUT2D eigenvalue weighted by Gasteiger charge is 2.15. The average molecular weight is 281 g/mol. The molecule has 3 nitrogen and oxygen atoms in total. The Morgan fingerprint density at radius 3 is 3.00 bits per heavy atom. The molecule has 106 valence electrons. The molecule has 0 aromatic heterocycles. The summed E-state index contributed by atoms with van der Waals surface area (Å²) in [4.78, 5) is 0. The predicted octanol–water partition coefficient (Wildman–Crippen LogP) is 2.43. The first kappa shape index (κ1) is 14.5. The molecule has 0 radical (unpaired) electrons. The molecule has 0 bridgehead atoms. The van der Waals surface area contributed by atoms with Crippen LogP contribution < -0.4 is 10.1 Å². The number of fused-ring (bicyclic) bond motifs is 1. The van der Waals surface area contributed by atoms with Gasteiger partial charge in [0.15, 0.2) is 0 Å². The Labute approximate surface area is 118 Å². The van der Waals surface area contributed by atoms with Crippen LogP contribution in [0, 0.1) is 0 Å². The molecule has 1 N–H and O–H groups in total. The summed E-state index contributed by atoms with van der Waals surface area (Å²) in [6.07, 6.45) is 2.05. The highest BCUT2D eigenvalue weighted by molar-refractivity contribution is 7.84. The third-order valence-electron chi connectivity index (χ3n) is 3.57. The van der Waals surface area contributed by atoms with Crippen LogP contribution >= 0.6 is 0 Å². The number of nitrogens with one attached hydrogen (secondary N) is 1. The summed E-state index contributed by atoms with van der Waals surface area (Å²) in [6, 6.07) is 6.81. The van der Waals surface area contributed by atoms with Crippen LogP contribution in [0.15, 0.2) is 18.2 Å². The molecule has 1 aliphatic heterocycles. The van der Waals surface area contributed by atoms with E-state index in [-0.39, 0.29) is 0 Å². The zero-order valence-corrected chi connectivity index (χ0v) is 12.6. The summed E-state index contributed by atoms with van der Waals surface area (Å²) in [5.41, 5.74) is 2.63. The first-order valence-electron chi connectivity index (χ1n) is 7.08. The molecule has 0 saturated carbocycles. The van der Waals surface area contributed by atoms with Gasteiger partial charge in [0.1, 0.15) is 5.75 Å². The second-order valence-corrected chi connectivity index (χ2v) is 6.68. The van der Waals surface area contributed by atoms with Crippen LogP contribution in [0.25, 0.3) is 0 Å². The summed E-state index contributed by atoms with van der Waals surface area (Å²) < 4.78 is 17.0. The topological polar surface area (TPSA) is 38.3 Å². The first-order valence-corrected chi connectivity index (χ1v) is 8.57. The van der Waals surface area contributed by atoms with E-state index in [0.717, 1.165) is 43.2 Å². The van der Waals surface area contributed by atoms with E-state index in [1.54, 1.807) is 0 Å². The smallest absolute Gasteiger partial charge is 0.122 e. The van der Waals surface area contributed by atoms with Crippen molar-refractivity contribution in [3.05, 3.63) is 29.3 Å². The lowest BCUT2D eigenvalue weighted by Crippen LogP contribution is -2.25. The van der Waals surface area contributed by atoms with Gasteiger partial charge in [-0.2, -0.15) is 0 Å². The summed E-state index contributed by atoms with van der Waals surface area (Å²) in [5, 5.41) is 3.51. The largest absolute Gasteiger partial charge is 0.493 e. The van der Waals surface area contributed by atoms with Gasteiger partial charge >= 0.3 is 0 Å². The fourth-order valence-corrected chi connectivity index (χ4v) is 3.05. The van der Waals surface area contributed by atoms with Crippen LogP contribution in [0.3, 0.4) is 0 Å². The molecule has 0 amide bonds. The van der Waals surface area contributed by atoms with Crippen molar-refractivity contribution in [1.82, 2.24) is 5.32 Å². The fourth-order valence-electron chi connectivity index (χ4n) is 2.41. The Bertz CT molecular complexity index is 448. The van der Waals surface area contributed by atoms with Gasteiger partial charge in [0.25, 0.3) is 0 Å². The summed E-state index contributed by atoms with van der Waals surface area (Å²) in [6.45, 7) is 5.76. The van der Waals surface area contributed by atoms with E-state index in [4.69, 9.17) is 4.74 Å². The Hall–Kier alpha value is -0.870. The van der Waals surface area contributed by atoms with Crippen LogP contribution in [-0.4, -0.2) is 28.9 Å². The quantitative estimate of drug-likeness (QED) is 0.834. The molecule has 1 aromatic rings. The van der Waals surface area contributed by atoms with Crippen molar-refractivity contribution in [1.29, 1.82) is 0 Å². The fraction of sp³-hybridized carbons (Fsp3) is 0.600. The van der Waals surface area contributed by atoms with Crippen molar-refractivity contribution in [2.75, 3.05) is 24.7 Å². The van der Waals surface area contributed by atoms with Crippen LogP contribution in [0.2, 0.25) is 0 Å². The zero-order valence-electron chi connectivity index (χ0n) is 11.8. The minimum atomic E-state index is -0.684. The highest BCUT2D eigenvalue weighted by Crippen LogP contribution is 2.28. The van der Waals surface area contributed by atoms with Crippen molar-refractivity contribution in [3.8, 4) is 5.75 Å². The molecule has 1 aromatic carbocycles. The molecule has 0 fully saturated rings. The van der Waals surface area contributed by atoms with Gasteiger partial charge in [-0.1, -0.05) is 26.0 Å². The van der Waals surface area contributed by atoms with Gasteiger partial charge in [0.2, 0.25) is 0 Å². The molecular weight excluding hydrogens is 258 g/mol. The summed E-state index contributed by atoms with van der Waals surface area (Å²) >= 11 is 0. The van der Waals surface area contributed by atoms with Crippen LogP contribution in [0.1, 0.15) is 37.4 Å². The monoisotopic (exact) mass is 281 g/mol. The van der Waals surface area contributed by atoms with Crippen molar-refractivity contribution >= 4 is 10.8 Å². The lowest BCUT2D eigenvalue weighted by Gasteiger charge is -2.18. The standard InChI is InChI=1S/C15H23NO2S/c1-3-14(16-8-10-19(17)4-2)12-5-6-15-13(11-12)7-9-18-15/h5-6,11,14,16H,3-4,7-10H2,1-2H3. The number of hydrogen-bond donors (Lipinski definition) is 1. The molecule has 2 atom stereocenters. The van der Waals surface area contributed by atoms with E-state index >= 15 is 0 Å². The molecule has 0 aliphatic carbocycles. The van der Waals surface area contributed by atoms with E-state index in [0.29, 0.717) is 6.04 Å². The van der Waals surface area contributed by atoms with E-state index in [9.17, 15) is 4.21 Å². The van der Waals surface area contributed by atoms with Crippen LogP contribution in [0.4, 0.5) is 0 Å². The van der Waals surface area contributed by atoms with E-state index in [2.05, 4.69) is 30.4 Å². The summed E-state index contributed by atoms with van der Waals surface area (Å²) in [7, 11) is -0.684. The minimum Gasteiger partial charge on any atom is -0.493 e. The highest BCUT2D eigenvalue weighted by atomic mass is 32.2. The third kappa shape index (κ3) is 3.80. The van der Waals surface area contributed by atoms with Crippen molar-refractivity contribution in [3.63, 3.8) is 0 Å². The number of ether oxygens (including phenoxy) is 1. The van der Waals surface area contributed by atoms with E-state index in [1.165, 1.54) is 11.1 Å². The van der Waals surface area contributed by atoms with E-state index in [1.807, 2.05) is 6.92 Å². The van der Waals surface area contributed by atoms with E-state index < -0.39 is 10.8 Å². The first-order chi connectivity index (χ1) is 9.24. The van der Waals surface area contributed by atoms with Gasteiger partial charge in [-0.3, -0.25) is 4.21 Å². The molecule has 1 heterocycles. The second kappa shape index (κ2) is 7.06. The van der Waals surface area contributed by atoms with Crippen molar-refractivity contribution in [2.45, 2.75) is 32.7 Å². The lowest BCUT2D eigenvalue weighted by molar-refractivity contribution is 0.356. The van der Waals surface area contributed by atoms with Crippen LogP contribution in [-0.2, 0) is 17.2 Å². The van der Waals surface area contributed by atoms with Gasteiger partial charge < -0.3 is 10.1 Å². The molecule has 0 spiro atoms. The molecule has 19 heavy (non-hydrogen) atoms. The minimum absolute atomic E-state index is 0.347. The summed E-state index contributed by atoms with van der Waals surface area (Å²) in [5.74, 6) is 2.51. The molecule has 1 aliphatic rings. The molecule has 2 unspecified atom stereocenters. The Kier molecular flexibility index (Phi) is 5.40. The normalized spacial score (nSPS) is 16.7. The number of hydrogen-bond acceptors (Lipinski definition) is 3. The maximum Gasteiger partial charge on any atom is 0.122 e. The Morgan fingerprint density at radius 2 is 2.26 bits per heavy atom. The lowest BCUT2D eigenvalue weighted by atomic mass is 10.0. The van der Waals surface area contributed by atoms with Crippen molar-refractivity contribution in [2.24, 2.45) is 0 Å². The van der Waals surface area contributed by atoms with Crippen molar-refractivity contribution < 1.29 is 8.95 Å². The average Bonchev–Trinajstić information content (AvgIpc) is 2.90. The van der Waals surface area contributed by atoms with Gasteiger partial charge in [-0.05, 0) is 23.6 Å². The maximum absolute atomic E-state index is 11.4. The Morgan fingerprint density at radius 1 is 1.42 bits per heavy atom. The predicted molar refractivity (Wildman–Crippen MR) is 80.2 cm³/mol. The number of benzene rings is 1. The number of rotatable bonds is 7. The maximum atomic E-state index is 11.4. The van der Waals surface area contributed by atoms with Crippen LogP contribution in [0.5, 0.6) is 5.75 Å². The molecule has 2 rings (SSSR count). The second-order valence-electron chi connectivity index (χ2n) is 4.81.